The van der Waals surface area contributed by atoms with Crippen molar-refractivity contribution in [2.45, 2.75) is 13.8 Å². The van der Waals surface area contributed by atoms with Gasteiger partial charge >= 0.3 is 0 Å². The molecular weight excluding hydrogens is 160 g/mol. The zero-order valence-corrected chi connectivity index (χ0v) is 8.70. The number of allylic oxidation sites excluding steroid dienone is 2. The molecule has 0 radical (unpaired) electrons. The minimum atomic E-state index is 0.947. The third kappa shape index (κ3) is 3.93. The molecule has 0 spiro atoms. The fraction of sp³-hybridized carbons (Fsp3) is 0.286. The van der Waals surface area contributed by atoms with Crippen molar-refractivity contribution < 1.29 is 0 Å². The summed E-state index contributed by atoms with van der Waals surface area (Å²) in [6.07, 6.45) is 1.79. The first-order chi connectivity index (χ1) is 4.57. The van der Waals surface area contributed by atoms with E-state index in [1.807, 2.05) is 13.8 Å². The smallest absolute Gasteiger partial charge is 0.0601 e. The van der Waals surface area contributed by atoms with Gasteiger partial charge in [0.2, 0.25) is 0 Å². The molecule has 0 aromatic rings. The predicted molar refractivity (Wildman–Crippen MR) is 55.4 cm³/mol. The van der Waals surface area contributed by atoms with Crippen molar-refractivity contribution in [2.75, 3.05) is 0 Å². The molecule has 0 amide bonds. The number of hydrogen-bond acceptors (Lipinski definition) is 1. The molecule has 0 bridgehead atoms. The molecule has 0 aliphatic rings. The highest BCUT2D eigenvalue weighted by Crippen LogP contribution is 2.15. The Hall–Kier alpha value is 0.01000. The Labute approximate surface area is 67.1 Å². The van der Waals surface area contributed by atoms with Crippen LogP contribution in [0.2, 0.25) is 0 Å². The summed E-state index contributed by atoms with van der Waals surface area (Å²) in [5.41, 5.74) is 3.01. The van der Waals surface area contributed by atoms with Gasteiger partial charge in [-0.05, 0) is 19.4 Å². The molecule has 2 unspecified atom stereocenters. The number of nitrogens with zero attached hydrogens (tertiary/aromatic N) is 1. The second-order valence-corrected chi connectivity index (χ2v) is 3.41. The lowest BCUT2D eigenvalue weighted by atomic mass is 10.3. The SMILES string of the molecule is C=C/C(C)=C(P)\N=C(/C)P. The summed E-state index contributed by atoms with van der Waals surface area (Å²) >= 11 is 0. The fourth-order valence-electron chi connectivity index (χ4n) is 0.383. The van der Waals surface area contributed by atoms with Crippen molar-refractivity contribution in [3.05, 3.63) is 23.7 Å². The van der Waals surface area contributed by atoms with Gasteiger partial charge in [0.15, 0.2) is 0 Å². The van der Waals surface area contributed by atoms with Gasteiger partial charge in [-0.15, -0.1) is 0 Å². The minimum Gasteiger partial charge on any atom is -0.254 e. The van der Waals surface area contributed by atoms with Gasteiger partial charge in [0, 0.05) is 5.45 Å². The van der Waals surface area contributed by atoms with Gasteiger partial charge in [0.25, 0.3) is 0 Å². The van der Waals surface area contributed by atoms with E-state index in [0.717, 1.165) is 16.5 Å². The zero-order valence-electron chi connectivity index (χ0n) is 6.39. The van der Waals surface area contributed by atoms with Crippen molar-refractivity contribution in [2.24, 2.45) is 4.99 Å². The summed E-state index contributed by atoms with van der Waals surface area (Å²) in [4.78, 5) is 4.20. The van der Waals surface area contributed by atoms with Crippen molar-refractivity contribution in [3.63, 3.8) is 0 Å². The average Bonchev–Trinajstić information content (AvgIpc) is 1.85. The van der Waals surface area contributed by atoms with E-state index in [0.29, 0.717) is 0 Å². The van der Waals surface area contributed by atoms with Crippen molar-refractivity contribution in [1.82, 2.24) is 0 Å². The largest absolute Gasteiger partial charge is 0.254 e. The van der Waals surface area contributed by atoms with E-state index >= 15 is 0 Å². The van der Waals surface area contributed by atoms with Gasteiger partial charge in [0.1, 0.15) is 0 Å². The van der Waals surface area contributed by atoms with Crippen molar-refractivity contribution >= 4 is 23.9 Å². The van der Waals surface area contributed by atoms with Crippen LogP contribution in [-0.4, -0.2) is 5.45 Å². The van der Waals surface area contributed by atoms with E-state index in [1.54, 1.807) is 6.08 Å². The Morgan fingerprint density at radius 2 is 1.90 bits per heavy atom. The lowest BCUT2D eigenvalue weighted by Crippen LogP contribution is -1.77. The van der Waals surface area contributed by atoms with Crippen LogP contribution in [0.3, 0.4) is 0 Å². The molecule has 0 aliphatic carbocycles. The fourth-order valence-corrected chi connectivity index (χ4v) is 0.992. The highest BCUT2D eigenvalue weighted by molar-refractivity contribution is 7.40. The maximum atomic E-state index is 4.20. The molecule has 0 saturated carbocycles. The van der Waals surface area contributed by atoms with Gasteiger partial charge in [-0.2, -0.15) is 0 Å². The third-order valence-corrected chi connectivity index (χ3v) is 1.72. The predicted octanol–water partition coefficient (Wildman–Crippen LogP) is 2.57. The Morgan fingerprint density at radius 3 is 2.20 bits per heavy atom. The van der Waals surface area contributed by atoms with Crippen LogP contribution in [0, 0.1) is 0 Å². The lowest BCUT2D eigenvalue weighted by molar-refractivity contribution is 1.40. The Kier molecular flexibility index (Phi) is 4.77. The number of rotatable bonds is 2. The molecule has 0 rings (SSSR count). The monoisotopic (exact) mass is 173 g/mol. The second kappa shape index (κ2) is 4.77. The van der Waals surface area contributed by atoms with E-state index in [-0.39, 0.29) is 0 Å². The molecule has 0 N–H and O–H groups in total. The highest BCUT2D eigenvalue weighted by Gasteiger charge is 1.88. The quantitative estimate of drug-likeness (QED) is 0.345. The first-order valence-corrected chi connectivity index (χ1v) is 4.13. The van der Waals surface area contributed by atoms with Crippen LogP contribution in [0.15, 0.2) is 28.7 Å². The molecule has 0 heterocycles. The maximum absolute atomic E-state index is 4.20. The standard InChI is InChI=1S/C7H13NP2/c1-4-5(2)7(10)8-6(3)9/h4H,1,9-10H2,2-3H3/b7-5+,8-6+. The number of aliphatic imine (C=N–C) groups is 1. The molecule has 1 nitrogen and oxygen atoms in total. The normalized spacial score (nSPS) is 14.6. The minimum absolute atomic E-state index is 0.947. The summed E-state index contributed by atoms with van der Waals surface area (Å²) in [7, 11) is 5.11. The van der Waals surface area contributed by atoms with Crippen LogP contribution < -0.4 is 0 Å². The Balaban J connectivity index is 4.48. The molecule has 10 heavy (non-hydrogen) atoms. The molecular formula is C7H13NP2. The molecule has 56 valence electrons. The second-order valence-electron chi connectivity index (χ2n) is 2.03. The molecule has 3 heteroatoms. The summed E-state index contributed by atoms with van der Waals surface area (Å²) in [5.74, 6) is 0. The summed E-state index contributed by atoms with van der Waals surface area (Å²) < 4.78 is 0. The van der Waals surface area contributed by atoms with Crippen LogP contribution in [0.25, 0.3) is 0 Å². The van der Waals surface area contributed by atoms with E-state index in [9.17, 15) is 0 Å². The van der Waals surface area contributed by atoms with E-state index in [1.165, 1.54) is 0 Å². The Morgan fingerprint density at radius 1 is 1.40 bits per heavy atom. The van der Waals surface area contributed by atoms with Gasteiger partial charge in [0.05, 0.1) is 5.44 Å². The zero-order chi connectivity index (χ0) is 8.15. The van der Waals surface area contributed by atoms with Gasteiger partial charge in [-0.1, -0.05) is 31.1 Å². The van der Waals surface area contributed by atoms with E-state index < -0.39 is 0 Å². The number of hydrogen-bond donors (Lipinski definition) is 0. The Bertz CT molecular complexity index is 188. The molecule has 0 aromatic heterocycles. The van der Waals surface area contributed by atoms with Crippen LogP contribution in [0.4, 0.5) is 0 Å². The van der Waals surface area contributed by atoms with Crippen molar-refractivity contribution in [3.8, 4) is 0 Å². The maximum Gasteiger partial charge on any atom is 0.0601 e. The molecule has 2 atom stereocenters. The van der Waals surface area contributed by atoms with Gasteiger partial charge in [-0.3, -0.25) is 4.99 Å². The van der Waals surface area contributed by atoms with Crippen LogP contribution in [0.5, 0.6) is 0 Å². The summed E-state index contributed by atoms with van der Waals surface area (Å²) in [6.45, 7) is 7.56. The first kappa shape index (κ1) is 10.0. The topological polar surface area (TPSA) is 12.4 Å². The van der Waals surface area contributed by atoms with Crippen LogP contribution in [0.1, 0.15) is 13.8 Å². The van der Waals surface area contributed by atoms with E-state index in [2.05, 4.69) is 30.1 Å². The summed E-state index contributed by atoms with van der Waals surface area (Å²) in [5, 5.41) is 0. The van der Waals surface area contributed by atoms with Crippen LogP contribution >= 0.6 is 18.5 Å². The summed E-state index contributed by atoms with van der Waals surface area (Å²) in [6, 6.07) is 0. The molecule has 0 aliphatic heterocycles. The van der Waals surface area contributed by atoms with E-state index in [4.69, 9.17) is 0 Å². The molecule has 0 fully saturated rings. The third-order valence-electron chi connectivity index (χ3n) is 1.01. The van der Waals surface area contributed by atoms with Gasteiger partial charge < -0.3 is 0 Å². The lowest BCUT2D eigenvalue weighted by Gasteiger charge is -1.96. The van der Waals surface area contributed by atoms with Crippen molar-refractivity contribution in [1.29, 1.82) is 0 Å². The van der Waals surface area contributed by atoms with Gasteiger partial charge in [-0.25, -0.2) is 0 Å². The molecule has 0 saturated heterocycles. The van der Waals surface area contributed by atoms with Crippen LogP contribution in [-0.2, 0) is 0 Å². The first-order valence-electron chi connectivity index (χ1n) is 2.97. The molecule has 0 aromatic carbocycles. The average molecular weight is 173 g/mol. The highest BCUT2D eigenvalue weighted by atomic mass is 31.0.